The van der Waals surface area contributed by atoms with Crippen molar-refractivity contribution in [3.05, 3.63) is 71.3 Å². The summed E-state index contributed by atoms with van der Waals surface area (Å²) in [6, 6.07) is 15.2. The maximum atomic E-state index is 14.2. The molecule has 0 saturated heterocycles. The third kappa shape index (κ3) is 2.13. The van der Waals surface area contributed by atoms with Crippen LogP contribution >= 0.6 is 0 Å². The summed E-state index contributed by atoms with van der Waals surface area (Å²) in [5, 5.41) is 3.13. The molecule has 3 rings (SSSR count). The van der Waals surface area contributed by atoms with Crippen LogP contribution in [0.5, 0.6) is 0 Å². The molecule has 0 saturated carbocycles. The largest absolute Gasteiger partial charge is 0.402 e. The van der Waals surface area contributed by atoms with Crippen molar-refractivity contribution in [1.29, 1.82) is 0 Å². The van der Waals surface area contributed by atoms with Crippen molar-refractivity contribution < 1.29 is 13.2 Å². The van der Waals surface area contributed by atoms with Crippen LogP contribution in [0.4, 0.5) is 13.2 Å². The number of alkyl halides is 3. The predicted octanol–water partition coefficient (Wildman–Crippen LogP) is 4.59. The van der Waals surface area contributed by atoms with Crippen LogP contribution < -0.4 is 5.32 Å². The van der Waals surface area contributed by atoms with E-state index in [1.807, 2.05) is 0 Å². The molecular formula is C18H18F3N. The molecule has 22 heavy (non-hydrogen) atoms. The van der Waals surface area contributed by atoms with E-state index in [1.54, 1.807) is 61.6 Å². The van der Waals surface area contributed by atoms with E-state index in [0.29, 0.717) is 17.5 Å². The zero-order valence-corrected chi connectivity index (χ0v) is 12.3. The van der Waals surface area contributed by atoms with E-state index in [2.05, 4.69) is 5.32 Å². The summed E-state index contributed by atoms with van der Waals surface area (Å²) in [5.41, 5.74) is -0.473. The van der Waals surface area contributed by atoms with Crippen molar-refractivity contribution in [3.8, 4) is 0 Å². The smallest absolute Gasteiger partial charge is 0.313 e. The van der Waals surface area contributed by atoms with Crippen LogP contribution in [-0.2, 0) is 5.41 Å². The number of nitrogens with one attached hydrogen (secondary N) is 1. The monoisotopic (exact) mass is 305 g/mol. The lowest BCUT2D eigenvalue weighted by Gasteiger charge is -2.43. The van der Waals surface area contributed by atoms with Crippen molar-refractivity contribution in [2.45, 2.75) is 30.5 Å². The van der Waals surface area contributed by atoms with Crippen LogP contribution in [0.2, 0.25) is 0 Å². The fraction of sp³-hybridized carbons (Fsp3) is 0.333. The first kappa shape index (κ1) is 15.1. The van der Waals surface area contributed by atoms with Gasteiger partial charge in [-0.2, -0.15) is 13.2 Å². The highest BCUT2D eigenvalue weighted by molar-refractivity contribution is 5.48. The highest BCUT2D eigenvalue weighted by atomic mass is 19.4. The van der Waals surface area contributed by atoms with Gasteiger partial charge >= 0.3 is 6.18 Å². The van der Waals surface area contributed by atoms with Crippen molar-refractivity contribution >= 4 is 0 Å². The Hall–Kier alpha value is -1.81. The SMILES string of the molecule is CNC1CCC(c2ccccc2)(C(F)(F)F)c2ccccc21. The molecule has 0 heterocycles. The van der Waals surface area contributed by atoms with Crippen LogP contribution in [0.3, 0.4) is 0 Å². The summed E-state index contributed by atoms with van der Waals surface area (Å²) in [7, 11) is 1.80. The second kappa shape index (κ2) is 5.43. The van der Waals surface area contributed by atoms with E-state index in [-0.39, 0.29) is 12.5 Å². The van der Waals surface area contributed by atoms with E-state index in [9.17, 15) is 13.2 Å². The fourth-order valence-corrected chi connectivity index (χ4v) is 3.62. The molecular weight excluding hydrogens is 287 g/mol. The van der Waals surface area contributed by atoms with Crippen LogP contribution in [0.1, 0.15) is 35.6 Å². The zero-order valence-electron chi connectivity index (χ0n) is 12.3. The van der Waals surface area contributed by atoms with Gasteiger partial charge in [-0.25, -0.2) is 0 Å². The normalized spacial score (nSPS) is 24.8. The van der Waals surface area contributed by atoms with Crippen molar-refractivity contribution in [2.75, 3.05) is 7.05 Å². The summed E-state index contributed by atoms with van der Waals surface area (Å²) in [6.45, 7) is 0. The van der Waals surface area contributed by atoms with E-state index in [0.717, 1.165) is 5.56 Å². The number of benzene rings is 2. The van der Waals surface area contributed by atoms with Crippen molar-refractivity contribution in [3.63, 3.8) is 0 Å². The molecule has 1 nitrogen and oxygen atoms in total. The summed E-state index contributed by atoms with van der Waals surface area (Å²) < 4.78 is 42.5. The molecule has 0 radical (unpaired) electrons. The Morgan fingerprint density at radius 1 is 1.00 bits per heavy atom. The molecule has 0 aliphatic heterocycles. The van der Waals surface area contributed by atoms with Crippen LogP contribution in [-0.4, -0.2) is 13.2 Å². The Bertz CT molecular complexity index is 651. The second-order valence-corrected chi connectivity index (χ2v) is 5.74. The molecule has 2 atom stereocenters. The molecule has 0 spiro atoms. The number of rotatable bonds is 2. The first-order chi connectivity index (χ1) is 10.5. The van der Waals surface area contributed by atoms with Gasteiger partial charge in [0.2, 0.25) is 0 Å². The topological polar surface area (TPSA) is 12.0 Å². The van der Waals surface area contributed by atoms with E-state index >= 15 is 0 Å². The van der Waals surface area contributed by atoms with Gasteiger partial charge in [0.1, 0.15) is 5.41 Å². The Morgan fingerprint density at radius 2 is 1.64 bits per heavy atom. The van der Waals surface area contributed by atoms with E-state index < -0.39 is 11.6 Å². The zero-order chi connectivity index (χ0) is 15.8. The van der Waals surface area contributed by atoms with Crippen molar-refractivity contribution in [2.24, 2.45) is 0 Å². The van der Waals surface area contributed by atoms with Crippen LogP contribution in [0.15, 0.2) is 54.6 Å². The van der Waals surface area contributed by atoms with E-state index in [1.165, 1.54) is 0 Å². The van der Waals surface area contributed by atoms with Gasteiger partial charge in [-0.05, 0) is 36.6 Å². The minimum absolute atomic E-state index is 0.0320. The molecule has 0 amide bonds. The number of halogens is 3. The standard InChI is InChI=1S/C18H18F3N/c1-22-16-11-12-17(18(19,20)21,13-7-3-2-4-8-13)15-10-6-5-9-14(15)16/h2-10,16,22H,11-12H2,1H3. The van der Waals surface area contributed by atoms with Crippen LogP contribution in [0, 0.1) is 0 Å². The maximum absolute atomic E-state index is 14.2. The summed E-state index contributed by atoms with van der Waals surface area (Å²) in [5.74, 6) is 0. The molecule has 4 heteroatoms. The highest BCUT2D eigenvalue weighted by Gasteiger charge is 2.59. The van der Waals surface area contributed by atoms with Gasteiger partial charge < -0.3 is 5.32 Å². The quantitative estimate of drug-likeness (QED) is 0.855. The third-order valence-electron chi connectivity index (χ3n) is 4.70. The minimum atomic E-state index is -4.33. The van der Waals surface area contributed by atoms with E-state index in [4.69, 9.17) is 0 Å². The number of fused-ring (bicyclic) bond motifs is 1. The molecule has 2 unspecified atom stereocenters. The molecule has 1 aliphatic rings. The molecule has 0 fully saturated rings. The predicted molar refractivity (Wildman–Crippen MR) is 80.8 cm³/mol. The Kier molecular flexibility index (Phi) is 3.73. The average molecular weight is 305 g/mol. The first-order valence-corrected chi connectivity index (χ1v) is 7.39. The maximum Gasteiger partial charge on any atom is 0.402 e. The number of hydrogen-bond donors (Lipinski definition) is 1. The molecule has 1 N–H and O–H groups in total. The van der Waals surface area contributed by atoms with Crippen LogP contribution in [0.25, 0.3) is 0 Å². The molecule has 116 valence electrons. The van der Waals surface area contributed by atoms with Gasteiger partial charge in [0.05, 0.1) is 0 Å². The highest BCUT2D eigenvalue weighted by Crippen LogP contribution is 2.54. The number of hydrogen-bond acceptors (Lipinski definition) is 1. The van der Waals surface area contributed by atoms with Gasteiger partial charge in [0.25, 0.3) is 0 Å². The lowest BCUT2D eigenvalue weighted by atomic mass is 9.64. The average Bonchev–Trinajstić information content (AvgIpc) is 2.53. The van der Waals surface area contributed by atoms with Gasteiger partial charge in [0, 0.05) is 6.04 Å². The van der Waals surface area contributed by atoms with Gasteiger partial charge in [0.15, 0.2) is 0 Å². The summed E-state index contributed by atoms with van der Waals surface area (Å²) in [6.07, 6.45) is -3.81. The molecule has 0 bridgehead atoms. The Balaban J connectivity index is 2.29. The second-order valence-electron chi connectivity index (χ2n) is 5.74. The lowest BCUT2D eigenvalue weighted by molar-refractivity contribution is -0.182. The molecule has 2 aromatic carbocycles. The van der Waals surface area contributed by atoms with Crippen molar-refractivity contribution in [1.82, 2.24) is 5.32 Å². The molecule has 0 aromatic heterocycles. The van der Waals surface area contributed by atoms with Gasteiger partial charge in [-0.15, -0.1) is 0 Å². The molecule has 2 aromatic rings. The third-order valence-corrected chi connectivity index (χ3v) is 4.70. The fourth-order valence-electron chi connectivity index (χ4n) is 3.62. The van der Waals surface area contributed by atoms with Gasteiger partial charge in [-0.1, -0.05) is 54.6 Å². The Morgan fingerprint density at radius 3 is 2.27 bits per heavy atom. The summed E-state index contributed by atoms with van der Waals surface area (Å²) in [4.78, 5) is 0. The van der Waals surface area contributed by atoms with Gasteiger partial charge in [-0.3, -0.25) is 0 Å². The minimum Gasteiger partial charge on any atom is -0.313 e. The summed E-state index contributed by atoms with van der Waals surface area (Å²) >= 11 is 0. The lowest BCUT2D eigenvalue weighted by Crippen LogP contribution is -2.47. The first-order valence-electron chi connectivity index (χ1n) is 7.39. The Labute approximate surface area is 128 Å². The molecule has 1 aliphatic carbocycles.